The van der Waals surface area contributed by atoms with Gasteiger partial charge in [0.2, 0.25) is 11.8 Å². The Balaban J connectivity index is 2.26. The number of piperidine rings is 1. The third-order valence-corrected chi connectivity index (χ3v) is 4.50. The average Bonchev–Trinajstić information content (AvgIpc) is 2.36. The van der Waals surface area contributed by atoms with Gasteiger partial charge in [-0.3, -0.25) is 9.59 Å². The molecule has 0 bridgehead atoms. The average molecular weight is 252 g/mol. The van der Waals surface area contributed by atoms with E-state index in [2.05, 4.69) is 13.8 Å². The van der Waals surface area contributed by atoms with Gasteiger partial charge in [0, 0.05) is 12.6 Å². The Morgan fingerprint density at radius 1 is 1.11 bits per heavy atom. The van der Waals surface area contributed by atoms with Crippen molar-refractivity contribution in [2.75, 3.05) is 6.54 Å². The summed E-state index contributed by atoms with van der Waals surface area (Å²) >= 11 is 0. The number of fused-ring (bicyclic) bond motifs is 1. The molecule has 2 heterocycles. The van der Waals surface area contributed by atoms with Crippen molar-refractivity contribution in [2.45, 2.75) is 65.1 Å². The molecule has 2 aliphatic rings. The lowest BCUT2D eigenvalue weighted by molar-refractivity contribution is -0.166. The van der Waals surface area contributed by atoms with Crippen LogP contribution in [0.15, 0.2) is 0 Å². The molecule has 0 aromatic heterocycles. The highest BCUT2D eigenvalue weighted by Gasteiger charge is 2.46. The maximum atomic E-state index is 12.6. The fraction of sp³-hybridized carbons (Fsp3) is 0.857. The van der Waals surface area contributed by atoms with Gasteiger partial charge in [-0.15, -0.1) is 0 Å². The van der Waals surface area contributed by atoms with Gasteiger partial charge in [0.15, 0.2) is 0 Å². The fourth-order valence-corrected chi connectivity index (χ4v) is 3.05. The summed E-state index contributed by atoms with van der Waals surface area (Å²) in [6, 6.07) is -0.367. The molecule has 0 saturated carbocycles. The highest BCUT2D eigenvalue weighted by atomic mass is 16.2. The van der Waals surface area contributed by atoms with Crippen molar-refractivity contribution in [3.63, 3.8) is 0 Å². The van der Waals surface area contributed by atoms with Crippen LogP contribution in [0.1, 0.15) is 47.0 Å². The van der Waals surface area contributed by atoms with Crippen molar-refractivity contribution in [3.05, 3.63) is 0 Å². The molecule has 4 nitrogen and oxygen atoms in total. The highest BCUT2D eigenvalue weighted by Crippen LogP contribution is 2.28. The maximum Gasteiger partial charge on any atom is 0.246 e. The molecule has 2 amide bonds. The quantitative estimate of drug-likeness (QED) is 0.749. The predicted octanol–water partition coefficient (Wildman–Crippen LogP) is 1.64. The smallest absolute Gasteiger partial charge is 0.246 e. The summed E-state index contributed by atoms with van der Waals surface area (Å²) in [4.78, 5) is 28.6. The van der Waals surface area contributed by atoms with Crippen LogP contribution in [-0.4, -0.2) is 46.3 Å². The van der Waals surface area contributed by atoms with Crippen molar-refractivity contribution < 1.29 is 9.59 Å². The first-order chi connectivity index (χ1) is 8.45. The number of piperazine rings is 1. The second-order valence-electron chi connectivity index (χ2n) is 5.95. The van der Waals surface area contributed by atoms with Crippen molar-refractivity contribution in [1.29, 1.82) is 0 Å². The molecule has 2 saturated heterocycles. The van der Waals surface area contributed by atoms with Crippen molar-refractivity contribution in [1.82, 2.24) is 9.80 Å². The second kappa shape index (κ2) is 4.90. The number of carbonyl (C=O) groups excluding carboxylic acids is 2. The fourth-order valence-electron chi connectivity index (χ4n) is 3.05. The maximum absolute atomic E-state index is 12.6. The first kappa shape index (κ1) is 13.4. The van der Waals surface area contributed by atoms with E-state index >= 15 is 0 Å². The number of nitrogens with zero attached hydrogens (tertiary/aromatic N) is 2. The molecule has 0 N–H and O–H groups in total. The third kappa shape index (κ3) is 2.02. The predicted molar refractivity (Wildman–Crippen MR) is 70.0 cm³/mol. The minimum Gasteiger partial charge on any atom is -0.329 e. The van der Waals surface area contributed by atoms with Gasteiger partial charge in [-0.1, -0.05) is 13.8 Å². The number of amides is 2. The lowest BCUT2D eigenvalue weighted by atomic mass is 9.92. The lowest BCUT2D eigenvalue weighted by Gasteiger charge is -2.48. The first-order valence-corrected chi connectivity index (χ1v) is 7.07. The zero-order valence-electron chi connectivity index (χ0n) is 11.8. The van der Waals surface area contributed by atoms with Crippen LogP contribution in [0.5, 0.6) is 0 Å². The molecule has 18 heavy (non-hydrogen) atoms. The summed E-state index contributed by atoms with van der Waals surface area (Å²) < 4.78 is 0. The van der Waals surface area contributed by atoms with E-state index in [0.29, 0.717) is 5.92 Å². The van der Waals surface area contributed by atoms with Gasteiger partial charge in [-0.25, -0.2) is 0 Å². The van der Waals surface area contributed by atoms with E-state index < -0.39 is 0 Å². The van der Waals surface area contributed by atoms with Crippen LogP contribution in [0, 0.1) is 5.92 Å². The molecule has 2 rings (SSSR count). The number of rotatable bonds is 2. The Morgan fingerprint density at radius 3 is 2.39 bits per heavy atom. The van der Waals surface area contributed by atoms with E-state index in [9.17, 15) is 9.59 Å². The first-order valence-electron chi connectivity index (χ1n) is 7.07. The van der Waals surface area contributed by atoms with Crippen molar-refractivity contribution >= 4 is 11.8 Å². The molecule has 0 spiro atoms. The summed E-state index contributed by atoms with van der Waals surface area (Å²) in [7, 11) is 0. The zero-order valence-corrected chi connectivity index (χ0v) is 11.8. The molecule has 0 aromatic rings. The largest absolute Gasteiger partial charge is 0.329 e. The SMILES string of the molecule is CC(C)C(C)N1C(=O)C2CCCCN2C(=O)C1C. The molecule has 2 fully saturated rings. The van der Waals surface area contributed by atoms with E-state index in [4.69, 9.17) is 0 Å². The molecule has 3 unspecified atom stereocenters. The van der Waals surface area contributed by atoms with Crippen LogP contribution in [-0.2, 0) is 9.59 Å². The van der Waals surface area contributed by atoms with E-state index in [1.165, 1.54) is 0 Å². The molecule has 102 valence electrons. The van der Waals surface area contributed by atoms with E-state index in [1.807, 2.05) is 18.7 Å². The Morgan fingerprint density at radius 2 is 1.78 bits per heavy atom. The van der Waals surface area contributed by atoms with E-state index in [1.54, 1.807) is 4.90 Å². The Hall–Kier alpha value is -1.06. The van der Waals surface area contributed by atoms with Gasteiger partial charge >= 0.3 is 0 Å². The topological polar surface area (TPSA) is 40.6 Å². The van der Waals surface area contributed by atoms with E-state index in [0.717, 1.165) is 25.8 Å². The number of carbonyl (C=O) groups is 2. The van der Waals surface area contributed by atoms with Crippen LogP contribution < -0.4 is 0 Å². The summed E-state index contributed by atoms with van der Waals surface area (Å²) in [5.41, 5.74) is 0. The van der Waals surface area contributed by atoms with Crippen LogP contribution in [0.4, 0.5) is 0 Å². The van der Waals surface area contributed by atoms with Gasteiger partial charge in [0.1, 0.15) is 12.1 Å². The van der Waals surface area contributed by atoms with Gasteiger partial charge in [0.05, 0.1) is 0 Å². The minimum atomic E-state index is -0.302. The molecule has 0 radical (unpaired) electrons. The van der Waals surface area contributed by atoms with Gasteiger partial charge in [0.25, 0.3) is 0 Å². The molecule has 2 aliphatic heterocycles. The molecule has 3 atom stereocenters. The standard InChI is InChI=1S/C14H24N2O2/c1-9(2)10(3)16-11(4)13(17)15-8-6-5-7-12(15)14(16)18/h9-12H,5-8H2,1-4H3. The van der Waals surface area contributed by atoms with Crippen LogP contribution in [0.25, 0.3) is 0 Å². The van der Waals surface area contributed by atoms with Gasteiger partial charge < -0.3 is 9.80 Å². The molecular formula is C14H24N2O2. The highest BCUT2D eigenvalue weighted by molar-refractivity contribution is 5.97. The van der Waals surface area contributed by atoms with Gasteiger partial charge in [-0.2, -0.15) is 0 Å². The lowest BCUT2D eigenvalue weighted by Crippen LogP contribution is -2.67. The number of hydrogen-bond donors (Lipinski definition) is 0. The van der Waals surface area contributed by atoms with Crippen LogP contribution >= 0.6 is 0 Å². The molecule has 0 aliphatic carbocycles. The van der Waals surface area contributed by atoms with Crippen LogP contribution in [0.2, 0.25) is 0 Å². The van der Waals surface area contributed by atoms with Crippen molar-refractivity contribution in [3.8, 4) is 0 Å². The minimum absolute atomic E-state index is 0.125. The molecule has 4 heteroatoms. The Bertz CT molecular complexity index is 354. The zero-order chi connectivity index (χ0) is 13.4. The monoisotopic (exact) mass is 252 g/mol. The van der Waals surface area contributed by atoms with Crippen molar-refractivity contribution in [2.24, 2.45) is 5.92 Å². The van der Waals surface area contributed by atoms with Gasteiger partial charge in [-0.05, 0) is 39.0 Å². The summed E-state index contributed by atoms with van der Waals surface area (Å²) in [5.74, 6) is 0.661. The normalized spacial score (nSPS) is 30.7. The Kier molecular flexibility index (Phi) is 3.64. The number of hydrogen-bond acceptors (Lipinski definition) is 2. The summed E-state index contributed by atoms with van der Waals surface area (Å²) in [6.07, 6.45) is 2.92. The Labute approximate surface area is 109 Å². The molecule has 0 aromatic carbocycles. The summed E-state index contributed by atoms with van der Waals surface area (Å²) in [6.45, 7) is 8.86. The third-order valence-electron chi connectivity index (χ3n) is 4.50. The van der Waals surface area contributed by atoms with E-state index in [-0.39, 0.29) is 29.9 Å². The summed E-state index contributed by atoms with van der Waals surface area (Å²) in [5, 5.41) is 0. The van der Waals surface area contributed by atoms with Crippen LogP contribution in [0.3, 0.4) is 0 Å². The molecular weight excluding hydrogens is 228 g/mol. The second-order valence-corrected chi connectivity index (χ2v) is 5.95.